The molecule has 0 saturated heterocycles. The van der Waals surface area contributed by atoms with Gasteiger partial charge in [-0.2, -0.15) is 5.10 Å². The minimum atomic E-state index is 0.0884. The third-order valence-electron chi connectivity index (χ3n) is 3.50. The average Bonchev–Trinajstić information content (AvgIpc) is 2.75. The summed E-state index contributed by atoms with van der Waals surface area (Å²) in [5.74, 6) is 0. The molecule has 0 saturated carbocycles. The van der Waals surface area contributed by atoms with Gasteiger partial charge < -0.3 is 5.73 Å². The van der Waals surface area contributed by atoms with E-state index in [1.54, 1.807) is 0 Å². The third-order valence-corrected chi connectivity index (χ3v) is 4.11. The number of hydrogen-bond donors (Lipinski definition) is 1. The molecule has 1 aromatic heterocycles. The maximum atomic E-state index is 6.33. The molecule has 1 atom stereocenters. The second-order valence-corrected chi connectivity index (χ2v) is 6.43. The van der Waals surface area contributed by atoms with Gasteiger partial charge in [-0.1, -0.05) is 45.4 Å². The predicted octanol–water partition coefficient (Wildman–Crippen LogP) is 4.98. The van der Waals surface area contributed by atoms with Crippen LogP contribution in [0.2, 0.25) is 0 Å². The van der Waals surface area contributed by atoms with Gasteiger partial charge in [-0.25, -0.2) is 0 Å². The highest BCUT2D eigenvalue weighted by Crippen LogP contribution is 2.27. The van der Waals surface area contributed by atoms with E-state index in [1.165, 1.54) is 38.5 Å². The van der Waals surface area contributed by atoms with Crippen molar-refractivity contribution >= 4 is 15.9 Å². The summed E-state index contributed by atoms with van der Waals surface area (Å²) >= 11 is 3.57. The second kappa shape index (κ2) is 8.75. The Hall–Kier alpha value is -0.350. The quantitative estimate of drug-likeness (QED) is 0.649. The van der Waals surface area contributed by atoms with Crippen molar-refractivity contribution in [3.05, 3.63) is 16.4 Å². The van der Waals surface area contributed by atoms with Crippen LogP contribution in [0.3, 0.4) is 0 Å². The SMILES string of the molecule is CCCCCCCCC(N)c1c(Br)cnn1C(C)C. The van der Waals surface area contributed by atoms with E-state index in [1.807, 2.05) is 10.9 Å². The fourth-order valence-electron chi connectivity index (χ4n) is 2.39. The summed E-state index contributed by atoms with van der Waals surface area (Å²) in [5.41, 5.74) is 7.47. The summed E-state index contributed by atoms with van der Waals surface area (Å²) in [6.45, 7) is 6.53. The second-order valence-electron chi connectivity index (χ2n) is 5.58. The molecule has 1 rings (SSSR count). The van der Waals surface area contributed by atoms with Crippen molar-refractivity contribution in [1.82, 2.24) is 9.78 Å². The van der Waals surface area contributed by atoms with E-state index in [2.05, 4.69) is 41.8 Å². The summed E-state index contributed by atoms with van der Waals surface area (Å²) in [4.78, 5) is 0. The van der Waals surface area contributed by atoms with E-state index in [9.17, 15) is 0 Å². The first-order valence-corrected chi connectivity index (χ1v) is 8.35. The van der Waals surface area contributed by atoms with Gasteiger partial charge in [0.15, 0.2) is 0 Å². The molecule has 0 fully saturated rings. The highest BCUT2D eigenvalue weighted by molar-refractivity contribution is 9.10. The Balaban J connectivity index is 2.41. The summed E-state index contributed by atoms with van der Waals surface area (Å²) in [6, 6.07) is 0.447. The number of rotatable bonds is 9. The van der Waals surface area contributed by atoms with Gasteiger partial charge in [0.1, 0.15) is 0 Å². The molecule has 0 aliphatic carbocycles. The maximum Gasteiger partial charge on any atom is 0.0696 e. The standard InChI is InChI=1S/C15H28BrN3/c1-4-5-6-7-8-9-10-14(17)15-13(16)11-18-19(15)12(2)3/h11-12,14H,4-10,17H2,1-3H3. The summed E-state index contributed by atoms with van der Waals surface area (Å²) in [7, 11) is 0. The van der Waals surface area contributed by atoms with Crippen molar-refractivity contribution in [3.8, 4) is 0 Å². The number of nitrogens with two attached hydrogens (primary N) is 1. The van der Waals surface area contributed by atoms with Gasteiger partial charge in [0.25, 0.3) is 0 Å². The first-order chi connectivity index (χ1) is 9.07. The minimum Gasteiger partial charge on any atom is -0.323 e. The minimum absolute atomic E-state index is 0.0884. The van der Waals surface area contributed by atoms with Gasteiger partial charge in [0.05, 0.1) is 16.4 Å². The Bertz CT molecular complexity index is 360. The van der Waals surface area contributed by atoms with Crippen molar-refractivity contribution in [3.63, 3.8) is 0 Å². The number of aromatic nitrogens is 2. The number of unbranched alkanes of at least 4 members (excludes halogenated alkanes) is 5. The zero-order valence-electron chi connectivity index (χ0n) is 12.5. The molecule has 4 heteroatoms. The van der Waals surface area contributed by atoms with Crippen LogP contribution in [0.1, 0.15) is 83.5 Å². The Morgan fingerprint density at radius 1 is 1.21 bits per heavy atom. The Labute approximate surface area is 126 Å². The molecule has 0 bridgehead atoms. The lowest BCUT2D eigenvalue weighted by atomic mass is 10.0. The molecular formula is C15H28BrN3. The van der Waals surface area contributed by atoms with Crippen molar-refractivity contribution in [1.29, 1.82) is 0 Å². The van der Waals surface area contributed by atoms with E-state index < -0.39 is 0 Å². The normalized spacial score (nSPS) is 13.2. The van der Waals surface area contributed by atoms with Crippen LogP contribution in [-0.2, 0) is 0 Å². The van der Waals surface area contributed by atoms with Crippen LogP contribution in [0, 0.1) is 0 Å². The molecule has 0 amide bonds. The van der Waals surface area contributed by atoms with Crippen LogP contribution < -0.4 is 5.73 Å². The zero-order valence-corrected chi connectivity index (χ0v) is 14.1. The van der Waals surface area contributed by atoms with Gasteiger partial charge in [-0.15, -0.1) is 0 Å². The van der Waals surface area contributed by atoms with Crippen LogP contribution in [0.5, 0.6) is 0 Å². The summed E-state index contributed by atoms with van der Waals surface area (Å²) < 4.78 is 3.07. The largest absolute Gasteiger partial charge is 0.323 e. The van der Waals surface area contributed by atoms with Gasteiger partial charge in [0, 0.05) is 12.1 Å². The maximum absolute atomic E-state index is 6.33. The van der Waals surface area contributed by atoms with Crippen molar-refractivity contribution in [2.24, 2.45) is 5.73 Å². The first kappa shape index (κ1) is 16.7. The number of halogens is 1. The summed E-state index contributed by atoms with van der Waals surface area (Å²) in [6.07, 6.45) is 10.8. The molecule has 1 heterocycles. The molecule has 2 N–H and O–H groups in total. The molecule has 1 aromatic rings. The Kier molecular flexibility index (Phi) is 7.69. The van der Waals surface area contributed by atoms with E-state index in [-0.39, 0.29) is 6.04 Å². The highest BCUT2D eigenvalue weighted by atomic mass is 79.9. The topological polar surface area (TPSA) is 43.8 Å². The zero-order chi connectivity index (χ0) is 14.3. The molecule has 1 unspecified atom stereocenters. The summed E-state index contributed by atoms with van der Waals surface area (Å²) in [5, 5.41) is 4.39. The Morgan fingerprint density at radius 3 is 2.47 bits per heavy atom. The van der Waals surface area contributed by atoms with E-state index in [0.717, 1.165) is 16.6 Å². The number of hydrogen-bond acceptors (Lipinski definition) is 2. The molecule has 0 radical (unpaired) electrons. The molecule has 110 valence electrons. The molecule has 0 aliphatic rings. The van der Waals surface area contributed by atoms with Crippen molar-refractivity contribution in [2.45, 2.75) is 77.8 Å². The predicted molar refractivity (Wildman–Crippen MR) is 85.2 cm³/mol. The molecule has 0 aliphatic heterocycles. The van der Waals surface area contributed by atoms with Gasteiger partial charge >= 0.3 is 0 Å². The monoisotopic (exact) mass is 329 g/mol. The lowest BCUT2D eigenvalue weighted by Gasteiger charge is -2.17. The highest BCUT2D eigenvalue weighted by Gasteiger charge is 2.17. The van der Waals surface area contributed by atoms with E-state index >= 15 is 0 Å². The van der Waals surface area contributed by atoms with Crippen molar-refractivity contribution < 1.29 is 0 Å². The van der Waals surface area contributed by atoms with Crippen molar-refractivity contribution in [2.75, 3.05) is 0 Å². The lowest BCUT2D eigenvalue weighted by Crippen LogP contribution is -2.18. The smallest absolute Gasteiger partial charge is 0.0696 e. The molecule has 0 aromatic carbocycles. The molecular weight excluding hydrogens is 302 g/mol. The molecule has 0 spiro atoms. The number of nitrogens with zero attached hydrogens (tertiary/aromatic N) is 2. The average molecular weight is 330 g/mol. The third kappa shape index (κ3) is 5.27. The van der Waals surface area contributed by atoms with E-state index in [4.69, 9.17) is 5.73 Å². The van der Waals surface area contributed by atoms with E-state index in [0.29, 0.717) is 6.04 Å². The first-order valence-electron chi connectivity index (χ1n) is 7.56. The molecule has 3 nitrogen and oxygen atoms in total. The van der Waals surface area contributed by atoms with Crippen LogP contribution in [0.15, 0.2) is 10.7 Å². The van der Waals surface area contributed by atoms with Gasteiger partial charge in [0.2, 0.25) is 0 Å². The van der Waals surface area contributed by atoms with Gasteiger partial charge in [-0.3, -0.25) is 4.68 Å². The Morgan fingerprint density at radius 2 is 1.84 bits per heavy atom. The van der Waals surface area contributed by atoms with Gasteiger partial charge in [-0.05, 0) is 36.2 Å². The van der Waals surface area contributed by atoms with Crippen LogP contribution in [0.4, 0.5) is 0 Å². The fraction of sp³-hybridized carbons (Fsp3) is 0.800. The molecule has 19 heavy (non-hydrogen) atoms. The lowest BCUT2D eigenvalue weighted by molar-refractivity contribution is 0.463. The van der Waals surface area contributed by atoms with Crippen LogP contribution >= 0.6 is 15.9 Å². The van der Waals surface area contributed by atoms with Crippen LogP contribution in [0.25, 0.3) is 0 Å². The fourth-order valence-corrected chi connectivity index (χ4v) is 2.96. The van der Waals surface area contributed by atoms with Crippen LogP contribution in [-0.4, -0.2) is 9.78 Å².